The molecule has 0 bridgehead atoms. The lowest BCUT2D eigenvalue weighted by atomic mass is 10.3. The molecule has 0 N–H and O–H groups in total. The Morgan fingerprint density at radius 1 is 1.29 bits per heavy atom. The predicted octanol–water partition coefficient (Wildman–Crippen LogP) is 0.378. The van der Waals surface area contributed by atoms with Crippen molar-refractivity contribution in [3.63, 3.8) is 0 Å². The fraction of sp³-hybridized carbons (Fsp3) is 0.375. The van der Waals surface area contributed by atoms with Crippen LogP contribution in [0.2, 0.25) is 0 Å². The SMILES string of the molecule is CCc1cc(C)on1.O=C=O.O=C=O. The van der Waals surface area contributed by atoms with Crippen molar-refractivity contribution in [2.45, 2.75) is 20.3 Å². The number of aryl methyl sites for hydroxylation is 2. The molecule has 1 heterocycles. The number of aromatic nitrogens is 1. The van der Waals surface area contributed by atoms with Gasteiger partial charge in [0.2, 0.25) is 0 Å². The molecule has 0 aliphatic heterocycles. The predicted molar refractivity (Wildman–Crippen MR) is 40.6 cm³/mol. The van der Waals surface area contributed by atoms with Crippen LogP contribution in [0.5, 0.6) is 0 Å². The average Bonchev–Trinajstić information content (AvgIpc) is 2.54. The Bertz CT molecular complexity index is 293. The van der Waals surface area contributed by atoms with Crippen LogP contribution in [-0.2, 0) is 25.6 Å². The van der Waals surface area contributed by atoms with E-state index in [9.17, 15) is 0 Å². The zero-order chi connectivity index (χ0) is 11.4. The van der Waals surface area contributed by atoms with Gasteiger partial charge in [0, 0.05) is 6.07 Å². The van der Waals surface area contributed by atoms with Gasteiger partial charge in [-0.25, -0.2) is 0 Å². The summed E-state index contributed by atoms with van der Waals surface area (Å²) in [5.74, 6) is 0.891. The van der Waals surface area contributed by atoms with E-state index in [1.807, 2.05) is 13.0 Å². The van der Waals surface area contributed by atoms with Gasteiger partial charge in [-0.3, -0.25) is 0 Å². The Hall–Kier alpha value is -2.03. The molecule has 6 nitrogen and oxygen atoms in total. The number of carbonyl (C=O) groups excluding carboxylic acids is 4. The highest BCUT2D eigenvalue weighted by atomic mass is 16.5. The third-order valence-electron chi connectivity index (χ3n) is 1.04. The van der Waals surface area contributed by atoms with E-state index in [0.29, 0.717) is 0 Å². The van der Waals surface area contributed by atoms with Crippen LogP contribution >= 0.6 is 0 Å². The van der Waals surface area contributed by atoms with E-state index < -0.39 is 0 Å². The molecule has 0 aliphatic carbocycles. The first-order valence-electron chi connectivity index (χ1n) is 3.56. The monoisotopic (exact) mass is 199 g/mol. The molecule has 0 saturated carbocycles. The van der Waals surface area contributed by atoms with Gasteiger partial charge >= 0.3 is 12.3 Å². The van der Waals surface area contributed by atoms with E-state index in [0.717, 1.165) is 17.9 Å². The van der Waals surface area contributed by atoms with Crippen molar-refractivity contribution in [1.82, 2.24) is 5.16 Å². The number of hydrogen-bond donors (Lipinski definition) is 0. The van der Waals surface area contributed by atoms with Crippen LogP contribution in [0.1, 0.15) is 18.4 Å². The summed E-state index contributed by atoms with van der Waals surface area (Å²) in [7, 11) is 0. The standard InChI is InChI=1S/C6H9NO.2CO2/c1-3-6-4-5(2)8-7-6;2*2-1-3/h4H,3H2,1-2H3;;. The maximum absolute atomic E-state index is 8.12. The lowest BCUT2D eigenvalue weighted by Gasteiger charge is -1.75. The highest BCUT2D eigenvalue weighted by Gasteiger charge is 1.93. The van der Waals surface area contributed by atoms with Crippen molar-refractivity contribution in [3.8, 4) is 0 Å². The van der Waals surface area contributed by atoms with E-state index in [2.05, 4.69) is 12.1 Å². The second kappa shape index (κ2) is 11.0. The fourth-order valence-electron chi connectivity index (χ4n) is 0.585. The van der Waals surface area contributed by atoms with Crippen LogP contribution in [0, 0.1) is 6.92 Å². The van der Waals surface area contributed by atoms with E-state index >= 15 is 0 Å². The van der Waals surface area contributed by atoms with E-state index in [1.165, 1.54) is 0 Å². The van der Waals surface area contributed by atoms with Crippen LogP contribution in [-0.4, -0.2) is 17.5 Å². The highest BCUT2D eigenvalue weighted by Crippen LogP contribution is 2.00. The van der Waals surface area contributed by atoms with Gasteiger partial charge in [0.05, 0.1) is 5.69 Å². The minimum atomic E-state index is 0.250. The third-order valence-corrected chi connectivity index (χ3v) is 1.04. The second-order valence-electron chi connectivity index (χ2n) is 1.95. The van der Waals surface area contributed by atoms with Crippen LogP contribution in [0.25, 0.3) is 0 Å². The largest absolute Gasteiger partial charge is 0.373 e. The molecule has 0 aliphatic rings. The van der Waals surface area contributed by atoms with Crippen LogP contribution in [0.3, 0.4) is 0 Å². The maximum atomic E-state index is 8.12. The summed E-state index contributed by atoms with van der Waals surface area (Å²) < 4.78 is 4.81. The first-order valence-corrected chi connectivity index (χ1v) is 3.56. The van der Waals surface area contributed by atoms with Gasteiger partial charge in [-0.15, -0.1) is 0 Å². The number of rotatable bonds is 1. The van der Waals surface area contributed by atoms with E-state index in [-0.39, 0.29) is 12.3 Å². The summed E-state index contributed by atoms with van der Waals surface area (Å²) in [5.41, 5.74) is 1.03. The average molecular weight is 199 g/mol. The van der Waals surface area contributed by atoms with Gasteiger partial charge in [0.15, 0.2) is 0 Å². The number of hydrogen-bond acceptors (Lipinski definition) is 6. The highest BCUT2D eigenvalue weighted by molar-refractivity contribution is 5.20. The quantitative estimate of drug-likeness (QED) is 0.648. The van der Waals surface area contributed by atoms with Gasteiger partial charge < -0.3 is 4.52 Å². The molecule has 1 aromatic heterocycles. The Balaban J connectivity index is 0. The van der Waals surface area contributed by atoms with Gasteiger partial charge in [0.25, 0.3) is 0 Å². The molecule has 0 fully saturated rings. The molecular weight excluding hydrogens is 190 g/mol. The zero-order valence-corrected chi connectivity index (χ0v) is 7.77. The molecule has 76 valence electrons. The Morgan fingerprint density at radius 3 is 1.86 bits per heavy atom. The van der Waals surface area contributed by atoms with Crippen molar-refractivity contribution in [3.05, 3.63) is 17.5 Å². The summed E-state index contributed by atoms with van der Waals surface area (Å²) in [6.07, 6.45) is 1.46. The van der Waals surface area contributed by atoms with Crippen molar-refractivity contribution < 1.29 is 23.7 Å². The summed E-state index contributed by atoms with van der Waals surface area (Å²) >= 11 is 0. The smallest absolute Gasteiger partial charge is 0.361 e. The lowest BCUT2D eigenvalue weighted by molar-refractivity contribution is -0.193. The summed E-state index contributed by atoms with van der Waals surface area (Å²) in [6.45, 7) is 3.95. The first kappa shape index (κ1) is 14.5. The molecular formula is C8H9NO5. The molecule has 0 aromatic carbocycles. The molecule has 0 saturated heterocycles. The minimum Gasteiger partial charge on any atom is -0.361 e. The van der Waals surface area contributed by atoms with Gasteiger partial charge in [0.1, 0.15) is 5.76 Å². The molecule has 1 rings (SSSR count). The molecule has 14 heavy (non-hydrogen) atoms. The Labute approximate surface area is 79.9 Å². The maximum Gasteiger partial charge on any atom is 0.373 e. The normalized spacial score (nSPS) is 6.71. The van der Waals surface area contributed by atoms with Crippen LogP contribution in [0.4, 0.5) is 0 Å². The van der Waals surface area contributed by atoms with Gasteiger partial charge in [-0.2, -0.15) is 19.2 Å². The van der Waals surface area contributed by atoms with Crippen LogP contribution in [0.15, 0.2) is 10.6 Å². The summed E-state index contributed by atoms with van der Waals surface area (Å²) in [5, 5.41) is 3.76. The van der Waals surface area contributed by atoms with Crippen molar-refractivity contribution in [2.24, 2.45) is 0 Å². The molecule has 0 unspecified atom stereocenters. The first-order chi connectivity index (χ1) is 6.65. The summed E-state index contributed by atoms with van der Waals surface area (Å²) in [4.78, 5) is 32.5. The lowest BCUT2D eigenvalue weighted by Crippen LogP contribution is -1.73. The van der Waals surface area contributed by atoms with E-state index in [1.54, 1.807) is 0 Å². The van der Waals surface area contributed by atoms with Crippen molar-refractivity contribution in [2.75, 3.05) is 0 Å². The number of nitrogens with zero attached hydrogens (tertiary/aromatic N) is 1. The molecule has 0 amide bonds. The molecule has 6 heteroatoms. The van der Waals surface area contributed by atoms with Crippen molar-refractivity contribution in [1.29, 1.82) is 0 Å². The van der Waals surface area contributed by atoms with Gasteiger partial charge in [-0.05, 0) is 13.3 Å². The Morgan fingerprint density at radius 2 is 1.71 bits per heavy atom. The van der Waals surface area contributed by atoms with Crippen molar-refractivity contribution >= 4 is 12.3 Å². The van der Waals surface area contributed by atoms with Gasteiger partial charge in [-0.1, -0.05) is 12.1 Å². The summed E-state index contributed by atoms with van der Waals surface area (Å²) in [6, 6.07) is 1.94. The Kier molecular flexibility index (Phi) is 11.4. The van der Waals surface area contributed by atoms with E-state index in [4.69, 9.17) is 23.7 Å². The molecule has 0 radical (unpaired) electrons. The van der Waals surface area contributed by atoms with Crippen LogP contribution < -0.4 is 0 Å². The molecule has 0 spiro atoms. The molecule has 0 atom stereocenters. The fourth-order valence-corrected chi connectivity index (χ4v) is 0.585. The molecule has 1 aromatic rings. The topological polar surface area (TPSA) is 94.3 Å². The second-order valence-corrected chi connectivity index (χ2v) is 1.95. The third kappa shape index (κ3) is 9.97. The zero-order valence-electron chi connectivity index (χ0n) is 7.77. The minimum absolute atomic E-state index is 0.250.